The largest absolute Gasteiger partial charge is 0.494 e. The van der Waals surface area contributed by atoms with Crippen LogP contribution in [0.2, 0.25) is 0 Å². The number of carbonyl (C=O) groups is 2. The van der Waals surface area contributed by atoms with Gasteiger partial charge in [0.15, 0.2) is 0 Å². The Bertz CT molecular complexity index is 1140. The number of benzene rings is 1. The molecule has 1 aliphatic heterocycles. The number of aromatic nitrogens is 1. The van der Waals surface area contributed by atoms with E-state index < -0.39 is 5.54 Å². The van der Waals surface area contributed by atoms with Crippen LogP contribution in [-0.4, -0.2) is 34.6 Å². The Labute approximate surface area is 192 Å². The van der Waals surface area contributed by atoms with E-state index in [1.807, 2.05) is 60.2 Å². The zero-order valence-electron chi connectivity index (χ0n) is 18.6. The Kier molecular flexibility index (Phi) is 5.45. The summed E-state index contributed by atoms with van der Waals surface area (Å²) in [5, 5.41) is 6.35. The molecule has 5 rings (SSSR count). The summed E-state index contributed by atoms with van der Waals surface area (Å²) in [6.45, 7) is 4.83. The van der Waals surface area contributed by atoms with Crippen LogP contribution in [0.3, 0.4) is 0 Å². The minimum atomic E-state index is -1.04. The van der Waals surface area contributed by atoms with Crippen molar-refractivity contribution in [3.63, 3.8) is 0 Å². The summed E-state index contributed by atoms with van der Waals surface area (Å²) < 4.78 is 7.60. The number of hydrogen-bond donors (Lipinski definition) is 1. The van der Waals surface area contributed by atoms with Gasteiger partial charge in [0.2, 0.25) is 5.91 Å². The SMILES string of the molecule is CCOc1ccc(N2C(=O)c3cc4ccsc4n3C[C@]2(C)C(=O)NC2CCCCC2)cc1. The van der Waals surface area contributed by atoms with Crippen molar-refractivity contribution < 1.29 is 14.3 Å². The molecule has 1 N–H and O–H groups in total. The standard InChI is InChI=1S/C25H29N3O3S/c1-3-31-20-11-9-19(10-12-20)28-22(29)21-15-17-13-14-32-23(17)27(21)16-25(28,2)24(30)26-18-7-5-4-6-8-18/h9-15,18H,3-8,16H2,1-2H3,(H,26,30)/t25-/m1/s1. The lowest BCUT2D eigenvalue weighted by Crippen LogP contribution is -2.65. The predicted molar refractivity (Wildman–Crippen MR) is 128 cm³/mol. The van der Waals surface area contributed by atoms with Crippen LogP contribution in [0.15, 0.2) is 41.8 Å². The van der Waals surface area contributed by atoms with Gasteiger partial charge < -0.3 is 14.6 Å². The summed E-state index contributed by atoms with van der Waals surface area (Å²) in [6.07, 6.45) is 5.51. The molecule has 1 aliphatic carbocycles. The van der Waals surface area contributed by atoms with Crippen LogP contribution in [0.5, 0.6) is 5.75 Å². The lowest BCUT2D eigenvalue weighted by Gasteiger charge is -2.44. The zero-order chi connectivity index (χ0) is 22.3. The number of nitrogens with zero attached hydrogens (tertiary/aromatic N) is 2. The summed E-state index contributed by atoms with van der Waals surface area (Å²) in [4.78, 5) is 30.3. The van der Waals surface area contributed by atoms with Crippen LogP contribution in [0, 0.1) is 0 Å². The number of carbonyl (C=O) groups excluding carboxylic acids is 2. The van der Waals surface area contributed by atoms with E-state index in [1.54, 1.807) is 16.2 Å². The molecule has 2 aliphatic rings. The maximum atomic E-state index is 13.8. The molecule has 2 aromatic heterocycles. The Balaban J connectivity index is 1.56. The van der Waals surface area contributed by atoms with Crippen molar-refractivity contribution in [1.29, 1.82) is 0 Å². The third-order valence-electron chi connectivity index (χ3n) is 6.72. The summed E-state index contributed by atoms with van der Waals surface area (Å²) in [6, 6.07) is 11.6. The van der Waals surface area contributed by atoms with Crippen molar-refractivity contribution >= 4 is 39.1 Å². The second kappa shape index (κ2) is 8.28. The van der Waals surface area contributed by atoms with E-state index in [4.69, 9.17) is 4.74 Å². The molecule has 1 fully saturated rings. The molecule has 1 atom stereocenters. The van der Waals surface area contributed by atoms with Crippen molar-refractivity contribution in [2.24, 2.45) is 0 Å². The smallest absolute Gasteiger partial charge is 0.275 e. The molecule has 0 radical (unpaired) electrons. The number of nitrogens with one attached hydrogen (secondary N) is 1. The fraction of sp³-hybridized carbons (Fsp3) is 0.440. The third kappa shape index (κ3) is 3.48. The molecule has 6 nitrogen and oxygen atoms in total. The molecule has 3 heterocycles. The van der Waals surface area contributed by atoms with Crippen molar-refractivity contribution in [2.45, 2.75) is 64.1 Å². The van der Waals surface area contributed by atoms with Crippen molar-refractivity contribution in [2.75, 3.05) is 11.5 Å². The van der Waals surface area contributed by atoms with E-state index in [0.717, 1.165) is 41.6 Å². The van der Waals surface area contributed by atoms with E-state index in [-0.39, 0.29) is 17.9 Å². The lowest BCUT2D eigenvalue weighted by molar-refractivity contribution is -0.127. The van der Waals surface area contributed by atoms with Gasteiger partial charge in [-0.15, -0.1) is 11.3 Å². The highest BCUT2D eigenvalue weighted by Crippen LogP contribution is 2.38. The molecule has 7 heteroatoms. The maximum Gasteiger partial charge on any atom is 0.275 e. The molecule has 0 unspecified atom stereocenters. The number of hydrogen-bond acceptors (Lipinski definition) is 4. The number of thiophene rings is 1. The van der Waals surface area contributed by atoms with Gasteiger partial charge >= 0.3 is 0 Å². The highest BCUT2D eigenvalue weighted by Gasteiger charge is 2.49. The average molecular weight is 452 g/mol. The van der Waals surface area contributed by atoms with Crippen LogP contribution >= 0.6 is 11.3 Å². The highest BCUT2D eigenvalue weighted by atomic mass is 32.1. The molecular formula is C25H29N3O3S. The summed E-state index contributed by atoms with van der Waals surface area (Å²) in [5.41, 5.74) is 0.296. The van der Waals surface area contributed by atoms with Gasteiger partial charge in [-0.1, -0.05) is 19.3 Å². The first kappa shape index (κ1) is 21.1. The number of anilines is 1. The first-order valence-electron chi connectivity index (χ1n) is 11.5. The number of amides is 2. The van der Waals surface area contributed by atoms with Gasteiger partial charge in [-0.25, -0.2) is 0 Å². The fourth-order valence-corrected chi connectivity index (χ4v) is 5.94. The molecule has 1 saturated carbocycles. The monoisotopic (exact) mass is 451 g/mol. The van der Waals surface area contributed by atoms with Gasteiger partial charge in [0.25, 0.3) is 5.91 Å². The Morgan fingerprint density at radius 3 is 2.66 bits per heavy atom. The molecule has 3 aromatic rings. The maximum absolute atomic E-state index is 13.8. The van der Waals surface area contributed by atoms with Gasteiger partial charge in [-0.2, -0.15) is 0 Å². The van der Waals surface area contributed by atoms with Crippen LogP contribution in [0.25, 0.3) is 10.2 Å². The van der Waals surface area contributed by atoms with Gasteiger partial charge in [0, 0.05) is 17.1 Å². The summed E-state index contributed by atoms with van der Waals surface area (Å²) >= 11 is 1.61. The molecular weight excluding hydrogens is 422 g/mol. The Morgan fingerprint density at radius 1 is 1.19 bits per heavy atom. The zero-order valence-corrected chi connectivity index (χ0v) is 19.4. The second-order valence-electron chi connectivity index (χ2n) is 8.95. The average Bonchev–Trinajstić information content (AvgIpc) is 3.38. The number of fused-ring (bicyclic) bond motifs is 3. The molecule has 32 heavy (non-hydrogen) atoms. The van der Waals surface area contributed by atoms with Crippen LogP contribution < -0.4 is 15.0 Å². The summed E-state index contributed by atoms with van der Waals surface area (Å²) in [7, 11) is 0. The van der Waals surface area contributed by atoms with Crippen molar-refractivity contribution in [3.8, 4) is 5.75 Å². The van der Waals surface area contributed by atoms with Crippen molar-refractivity contribution in [3.05, 3.63) is 47.5 Å². The minimum absolute atomic E-state index is 0.0873. The van der Waals surface area contributed by atoms with E-state index >= 15 is 0 Å². The van der Waals surface area contributed by atoms with E-state index in [9.17, 15) is 9.59 Å². The van der Waals surface area contributed by atoms with Crippen LogP contribution in [0.4, 0.5) is 5.69 Å². The molecule has 0 saturated heterocycles. The number of ether oxygens (including phenoxy) is 1. The van der Waals surface area contributed by atoms with E-state index in [1.165, 1.54) is 6.42 Å². The quantitative estimate of drug-likeness (QED) is 0.596. The first-order chi connectivity index (χ1) is 15.5. The molecule has 168 valence electrons. The van der Waals surface area contributed by atoms with Gasteiger partial charge in [-0.3, -0.25) is 14.5 Å². The van der Waals surface area contributed by atoms with Crippen molar-refractivity contribution in [1.82, 2.24) is 9.88 Å². The topological polar surface area (TPSA) is 63.6 Å². The molecule has 2 amide bonds. The molecule has 0 spiro atoms. The second-order valence-corrected chi connectivity index (χ2v) is 9.84. The number of rotatable bonds is 5. The Hall–Kier alpha value is -2.80. The lowest BCUT2D eigenvalue weighted by atomic mass is 9.91. The van der Waals surface area contributed by atoms with Gasteiger partial charge in [0.1, 0.15) is 21.8 Å². The highest BCUT2D eigenvalue weighted by molar-refractivity contribution is 7.16. The third-order valence-corrected chi connectivity index (χ3v) is 7.67. The van der Waals surface area contributed by atoms with Crippen LogP contribution in [-0.2, 0) is 11.3 Å². The van der Waals surface area contributed by atoms with Gasteiger partial charge in [-0.05, 0) is 68.5 Å². The van der Waals surface area contributed by atoms with Gasteiger partial charge in [0.05, 0.1) is 13.2 Å². The molecule has 0 bridgehead atoms. The predicted octanol–water partition coefficient (Wildman–Crippen LogP) is 4.97. The van der Waals surface area contributed by atoms with Crippen LogP contribution in [0.1, 0.15) is 56.4 Å². The first-order valence-corrected chi connectivity index (χ1v) is 12.3. The fourth-order valence-electron chi connectivity index (χ4n) is 5.05. The molecule has 1 aromatic carbocycles. The summed E-state index contributed by atoms with van der Waals surface area (Å²) in [5.74, 6) is 0.513. The normalized spacial score (nSPS) is 21.6. The minimum Gasteiger partial charge on any atom is -0.494 e. The van der Waals surface area contributed by atoms with E-state index in [2.05, 4.69) is 5.32 Å². The Morgan fingerprint density at radius 2 is 1.94 bits per heavy atom. The van der Waals surface area contributed by atoms with E-state index in [0.29, 0.717) is 24.5 Å².